The van der Waals surface area contributed by atoms with Crippen molar-refractivity contribution in [1.29, 1.82) is 0 Å². The van der Waals surface area contributed by atoms with Gasteiger partial charge in [0.15, 0.2) is 0 Å². The summed E-state index contributed by atoms with van der Waals surface area (Å²) >= 11 is -1.79. The first-order chi connectivity index (χ1) is 24.5. The molecule has 0 saturated carbocycles. The van der Waals surface area contributed by atoms with Crippen molar-refractivity contribution >= 4 is 39.6 Å². The Bertz CT molecular complexity index is 2430. The molecule has 0 amide bonds. The summed E-state index contributed by atoms with van der Waals surface area (Å²) in [7, 11) is 0. The zero-order chi connectivity index (χ0) is 35.6. The van der Waals surface area contributed by atoms with Gasteiger partial charge in [0.05, 0.1) is 5.58 Å². The first kappa shape index (κ1) is 34.8. The maximum Gasteiger partial charge on any atom is 0 e. The van der Waals surface area contributed by atoms with Crippen molar-refractivity contribution in [3.63, 3.8) is 0 Å². The summed E-state index contributed by atoms with van der Waals surface area (Å²) in [5.41, 5.74) is 10.9. The zero-order valence-corrected chi connectivity index (χ0v) is 34.0. The average Bonchev–Trinajstić information content (AvgIpc) is 3.54. The molecule has 0 aliphatic carbocycles. The van der Waals surface area contributed by atoms with Crippen LogP contribution in [-0.2, 0) is 20.1 Å². The molecular formula is C46H40GeIrN2O-2. The molecule has 0 aliphatic heterocycles. The van der Waals surface area contributed by atoms with Crippen molar-refractivity contribution in [2.75, 3.05) is 0 Å². The predicted octanol–water partition coefficient (Wildman–Crippen LogP) is 12.0. The van der Waals surface area contributed by atoms with E-state index in [1.54, 1.807) is 6.20 Å². The number of pyridine rings is 2. The number of furan rings is 1. The van der Waals surface area contributed by atoms with E-state index in [1.807, 2.05) is 68.4 Å². The van der Waals surface area contributed by atoms with Gasteiger partial charge in [-0.3, -0.25) is 0 Å². The van der Waals surface area contributed by atoms with E-state index in [-0.39, 0.29) is 20.1 Å². The van der Waals surface area contributed by atoms with Gasteiger partial charge < -0.3 is 9.40 Å². The molecule has 3 heterocycles. The second kappa shape index (κ2) is 15.7. The molecule has 5 aromatic carbocycles. The molecule has 3 aromatic heterocycles. The van der Waals surface area contributed by atoms with Gasteiger partial charge in [-0.15, -0.1) is 18.2 Å². The summed E-state index contributed by atoms with van der Waals surface area (Å²) in [6.45, 7) is 3.76. The SMILES string of the molecule is [2H]C(C)(C)c1ccnc(-c2[c-]ccc3c2oc2cc(-c4ccccc4)ccc23)c1.[CH3][Ge]([CH3])([CH3])[c]1ccc(-c2[c-]ccc(-c3ccccc3)c2)nc1.[Ir]. The third kappa shape index (κ3) is 8.15. The van der Waals surface area contributed by atoms with Crippen LogP contribution >= 0.6 is 0 Å². The fourth-order valence-electron chi connectivity index (χ4n) is 6.04. The van der Waals surface area contributed by atoms with Crippen molar-refractivity contribution in [2.24, 2.45) is 0 Å². The largest absolute Gasteiger partial charge is 0 e. The Kier molecular flexibility index (Phi) is 10.7. The van der Waals surface area contributed by atoms with Crippen molar-refractivity contribution in [3.8, 4) is 44.8 Å². The Labute approximate surface area is 318 Å². The molecule has 8 aromatic rings. The van der Waals surface area contributed by atoms with E-state index in [4.69, 9.17) is 5.79 Å². The van der Waals surface area contributed by atoms with Crippen LogP contribution in [0.2, 0.25) is 17.3 Å². The van der Waals surface area contributed by atoms with Gasteiger partial charge >= 0.3 is 135 Å². The van der Waals surface area contributed by atoms with Gasteiger partial charge in [0.25, 0.3) is 0 Å². The summed E-state index contributed by atoms with van der Waals surface area (Å²) in [4.78, 5) is 9.20. The van der Waals surface area contributed by atoms with E-state index in [0.29, 0.717) is 0 Å². The van der Waals surface area contributed by atoms with Crippen LogP contribution in [0.1, 0.15) is 26.7 Å². The number of nitrogens with zero attached hydrogens (tertiary/aromatic N) is 2. The van der Waals surface area contributed by atoms with Crippen LogP contribution in [0.25, 0.3) is 66.7 Å². The molecular weight excluding hydrogens is 861 g/mol. The van der Waals surface area contributed by atoms with Crippen LogP contribution < -0.4 is 4.40 Å². The van der Waals surface area contributed by atoms with Crippen molar-refractivity contribution in [3.05, 3.63) is 164 Å². The summed E-state index contributed by atoms with van der Waals surface area (Å²) < 4.78 is 16.1. The smallest absolute Gasteiger partial charge is 0 e. The third-order valence-corrected chi connectivity index (χ3v) is 13.2. The van der Waals surface area contributed by atoms with Crippen molar-refractivity contribution in [1.82, 2.24) is 9.97 Å². The molecule has 51 heavy (non-hydrogen) atoms. The second-order valence-corrected chi connectivity index (χ2v) is 24.4. The van der Waals surface area contributed by atoms with Gasteiger partial charge in [-0.05, 0) is 34.8 Å². The van der Waals surface area contributed by atoms with Gasteiger partial charge in [0.2, 0.25) is 0 Å². The van der Waals surface area contributed by atoms with Gasteiger partial charge in [-0.1, -0.05) is 78.9 Å². The van der Waals surface area contributed by atoms with Gasteiger partial charge in [-0.25, -0.2) is 0 Å². The zero-order valence-electron chi connectivity index (χ0n) is 30.5. The van der Waals surface area contributed by atoms with E-state index in [1.165, 1.54) is 15.5 Å². The standard InChI is InChI=1S/C26H20NO.C20H20GeN.Ir/c1-17(2)19-13-14-27-24(15-19)23-10-6-9-22-21-12-11-20(16-25(21)28-26(22)23)18-7-4-3-5-8-18;1-21(2,3)19-12-13-20(22-15-19)18-11-7-10-17(14-18)16-8-5-4-6-9-16;/h3-9,11-17H,1-2H3;4-10,12-15H,1-3H3;/q2*-1;/i17D;;. The Morgan fingerprint density at radius 3 is 1.98 bits per heavy atom. The quantitative estimate of drug-likeness (QED) is 0.123. The number of hydrogen-bond donors (Lipinski definition) is 0. The van der Waals surface area contributed by atoms with Crippen LogP contribution in [0.15, 0.2) is 150 Å². The molecule has 0 spiro atoms. The number of hydrogen-bond acceptors (Lipinski definition) is 3. The molecule has 0 N–H and O–H groups in total. The maximum absolute atomic E-state index is 8.33. The van der Waals surface area contributed by atoms with E-state index < -0.39 is 19.2 Å². The number of fused-ring (bicyclic) bond motifs is 3. The fraction of sp³-hybridized carbons (Fsp3) is 0.130. The molecule has 0 bridgehead atoms. The topological polar surface area (TPSA) is 38.9 Å². The predicted molar refractivity (Wildman–Crippen MR) is 212 cm³/mol. The van der Waals surface area contributed by atoms with Gasteiger partial charge in [-0.2, -0.15) is 0 Å². The second-order valence-electron chi connectivity index (χ2n) is 13.7. The Balaban J connectivity index is 0.000000182. The van der Waals surface area contributed by atoms with E-state index in [0.717, 1.165) is 61.1 Å². The van der Waals surface area contributed by atoms with E-state index >= 15 is 0 Å². The third-order valence-electron chi connectivity index (χ3n) is 8.95. The van der Waals surface area contributed by atoms with Crippen LogP contribution in [0, 0.1) is 12.1 Å². The minimum atomic E-state index is -1.79. The molecule has 1 radical (unpaired) electrons. The minimum absolute atomic E-state index is 0. The maximum atomic E-state index is 8.33. The van der Waals surface area contributed by atoms with Crippen LogP contribution in [0.4, 0.5) is 0 Å². The molecule has 0 atom stereocenters. The molecule has 8 rings (SSSR count). The van der Waals surface area contributed by atoms with Gasteiger partial charge in [0.1, 0.15) is 5.58 Å². The van der Waals surface area contributed by atoms with Crippen LogP contribution in [0.3, 0.4) is 0 Å². The van der Waals surface area contributed by atoms with E-state index in [9.17, 15) is 0 Å². The molecule has 0 aliphatic rings. The fourth-order valence-corrected chi connectivity index (χ4v) is 8.21. The first-order valence-electron chi connectivity index (χ1n) is 17.5. The number of benzene rings is 5. The molecule has 0 unspecified atom stereocenters. The van der Waals surface area contributed by atoms with E-state index in [2.05, 4.69) is 124 Å². The number of aromatic nitrogens is 2. The Morgan fingerprint density at radius 2 is 1.33 bits per heavy atom. The first-order valence-corrected chi connectivity index (χ1v) is 24.3. The molecule has 0 saturated heterocycles. The summed E-state index contributed by atoms with van der Waals surface area (Å²) in [6.07, 6.45) is 3.81. The van der Waals surface area contributed by atoms with Crippen LogP contribution in [0.5, 0.6) is 0 Å². The summed E-state index contributed by atoms with van der Waals surface area (Å²) in [6, 6.07) is 52.1. The van der Waals surface area contributed by atoms with Crippen LogP contribution in [-0.4, -0.2) is 23.2 Å². The molecule has 5 heteroatoms. The Morgan fingerprint density at radius 1 is 0.647 bits per heavy atom. The normalized spacial score (nSPS) is 11.7. The molecule has 255 valence electrons. The monoisotopic (exact) mass is 904 g/mol. The average molecular weight is 903 g/mol. The summed E-state index contributed by atoms with van der Waals surface area (Å²) in [5.74, 6) is 6.47. The number of rotatable bonds is 6. The van der Waals surface area contributed by atoms with Crippen molar-refractivity contribution < 1.29 is 25.9 Å². The molecule has 0 fully saturated rings. The Hall–Kier alpha value is -4.61. The summed E-state index contributed by atoms with van der Waals surface area (Å²) in [5, 5.41) is 2.12. The molecule has 3 nitrogen and oxygen atoms in total. The van der Waals surface area contributed by atoms with Crippen molar-refractivity contribution in [2.45, 2.75) is 37.0 Å². The van der Waals surface area contributed by atoms with Gasteiger partial charge in [0, 0.05) is 33.1 Å². The minimum Gasteiger partial charge on any atom is 0 e.